The molecule has 0 radical (unpaired) electrons. The molecule has 6 heteroatoms. The number of allylic oxidation sites excluding steroid dienone is 2. The van der Waals surface area contributed by atoms with Crippen molar-refractivity contribution in [2.75, 3.05) is 0 Å². The first-order valence-electron chi connectivity index (χ1n) is 11.8. The molecule has 2 aromatic carbocycles. The topological polar surface area (TPSA) is 53.9 Å². The maximum absolute atomic E-state index is 14.6. The van der Waals surface area contributed by atoms with Gasteiger partial charge in [0.2, 0.25) is 0 Å². The number of aliphatic imine (C=N–C) groups is 1. The molecule has 2 atom stereocenters. The minimum absolute atomic E-state index is 0.129. The summed E-state index contributed by atoms with van der Waals surface area (Å²) in [4.78, 5) is 19.2. The van der Waals surface area contributed by atoms with Gasteiger partial charge in [-0.1, -0.05) is 54.6 Å². The van der Waals surface area contributed by atoms with Gasteiger partial charge in [0.15, 0.2) is 11.7 Å². The number of hydrogen-bond acceptors (Lipinski definition) is 4. The molecule has 1 fully saturated rings. The van der Waals surface area contributed by atoms with E-state index in [0.29, 0.717) is 5.84 Å². The van der Waals surface area contributed by atoms with Gasteiger partial charge in [-0.25, -0.2) is 9.18 Å². The first-order chi connectivity index (χ1) is 16.3. The van der Waals surface area contributed by atoms with E-state index >= 15 is 0 Å². The Balaban J connectivity index is 1.43. The minimum atomic E-state index is -0.544. The summed E-state index contributed by atoms with van der Waals surface area (Å²) in [5, 5.41) is 3.11. The number of carbonyl (C=O) groups is 1. The van der Waals surface area contributed by atoms with E-state index in [1.807, 2.05) is 50.1 Å². The molecular formula is C28H30FN3O2. The lowest BCUT2D eigenvalue weighted by Crippen LogP contribution is -2.52. The third kappa shape index (κ3) is 4.13. The second-order valence-electron chi connectivity index (χ2n) is 10.2. The van der Waals surface area contributed by atoms with E-state index in [9.17, 15) is 9.18 Å². The number of halogens is 1. The number of amides is 1. The van der Waals surface area contributed by atoms with Gasteiger partial charge in [-0.05, 0) is 68.9 Å². The normalized spacial score (nSPS) is 22.9. The molecule has 1 N–H and O–H groups in total. The zero-order chi connectivity index (χ0) is 23.9. The second kappa shape index (κ2) is 8.42. The van der Waals surface area contributed by atoms with Crippen LogP contribution in [0.1, 0.15) is 68.8 Å². The zero-order valence-corrected chi connectivity index (χ0v) is 19.8. The second-order valence-corrected chi connectivity index (χ2v) is 10.2. The Kier molecular flexibility index (Phi) is 5.54. The first kappa shape index (κ1) is 22.4. The predicted octanol–water partition coefficient (Wildman–Crippen LogP) is 6.47. The fraction of sp³-hybridized carbons (Fsp3) is 0.357. The number of carbonyl (C=O) groups excluding carboxylic acids is 1. The van der Waals surface area contributed by atoms with Crippen LogP contribution in [-0.4, -0.2) is 22.4 Å². The van der Waals surface area contributed by atoms with Crippen LogP contribution in [0.5, 0.6) is 0 Å². The lowest BCUT2D eigenvalue weighted by Gasteiger charge is -2.43. The van der Waals surface area contributed by atoms with Gasteiger partial charge in [0, 0.05) is 6.20 Å². The number of rotatable bonds is 4. The highest BCUT2D eigenvalue weighted by molar-refractivity contribution is 6.00. The molecule has 2 heterocycles. The number of benzene rings is 2. The fourth-order valence-electron chi connectivity index (χ4n) is 4.96. The quantitative estimate of drug-likeness (QED) is 0.570. The summed E-state index contributed by atoms with van der Waals surface area (Å²) >= 11 is 0. The summed E-state index contributed by atoms with van der Waals surface area (Å²) in [6.07, 6.45) is 7.47. The molecule has 176 valence electrons. The Morgan fingerprint density at radius 2 is 1.79 bits per heavy atom. The fourth-order valence-corrected chi connectivity index (χ4v) is 4.96. The number of nitrogens with zero attached hydrogens (tertiary/aromatic N) is 2. The van der Waals surface area contributed by atoms with E-state index in [0.717, 1.165) is 36.0 Å². The molecule has 1 amide bonds. The van der Waals surface area contributed by atoms with Gasteiger partial charge < -0.3 is 15.0 Å². The van der Waals surface area contributed by atoms with Gasteiger partial charge in [-0.2, -0.15) is 0 Å². The highest BCUT2D eigenvalue weighted by Gasteiger charge is 2.42. The molecule has 3 aliphatic rings. The van der Waals surface area contributed by atoms with E-state index in [2.05, 4.69) is 41.7 Å². The number of ether oxygens (including phenoxy) is 1. The van der Waals surface area contributed by atoms with Crippen molar-refractivity contribution in [3.05, 3.63) is 95.5 Å². The Labute approximate surface area is 200 Å². The maximum Gasteiger partial charge on any atom is 0.408 e. The summed E-state index contributed by atoms with van der Waals surface area (Å²) in [6, 6.07) is 18.0. The Bertz CT molecular complexity index is 1160. The maximum atomic E-state index is 14.6. The molecule has 0 bridgehead atoms. The van der Waals surface area contributed by atoms with Crippen LogP contribution in [0.2, 0.25) is 0 Å². The lowest BCUT2D eigenvalue weighted by molar-refractivity contribution is 0.0377. The van der Waals surface area contributed by atoms with E-state index < -0.39 is 17.2 Å². The summed E-state index contributed by atoms with van der Waals surface area (Å²) in [6.45, 7) is 5.59. The van der Waals surface area contributed by atoms with Crippen molar-refractivity contribution >= 4 is 11.9 Å². The van der Waals surface area contributed by atoms with Gasteiger partial charge in [0.1, 0.15) is 11.6 Å². The van der Waals surface area contributed by atoms with E-state index in [4.69, 9.17) is 9.73 Å². The monoisotopic (exact) mass is 459 g/mol. The molecule has 1 aliphatic carbocycles. The Hall–Kier alpha value is -3.41. The molecule has 5 rings (SSSR count). The summed E-state index contributed by atoms with van der Waals surface area (Å²) in [5.74, 6) is 0.0463. The third-order valence-corrected chi connectivity index (χ3v) is 6.70. The number of alkyl carbamates (subject to hydrolysis) is 1. The average molecular weight is 460 g/mol. The van der Waals surface area contributed by atoms with Crippen LogP contribution in [0.15, 0.2) is 83.8 Å². The summed E-state index contributed by atoms with van der Waals surface area (Å²) < 4.78 is 20.1. The molecule has 0 spiro atoms. The molecule has 1 saturated carbocycles. The first-order valence-corrected chi connectivity index (χ1v) is 11.8. The molecule has 2 aromatic rings. The van der Waals surface area contributed by atoms with Crippen molar-refractivity contribution < 1.29 is 13.9 Å². The molecule has 34 heavy (non-hydrogen) atoms. The van der Waals surface area contributed by atoms with Crippen molar-refractivity contribution in [3.8, 4) is 0 Å². The molecule has 2 unspecified atom stereocenters. The SMILES string of the molecule is CC(C)(C)OC(=O)NC1(c2ccc(C3N=C4C(F)=CC=CN4C3c3ccccc3)cc2)CCC1. The average Bonchev–Trinajstić information content (AvgIpc) is 3.17. The van der Waals surface area contributed by atoms with Gasteiger partial charge in [-0.15, -0.1) is 0 Å². The van der Waals surface area contributed by atoms with Crippen LogP contribution in [0.3, 0.4) is 0 Å². The smallest absolute Gasteiger partial charge is 0.408 e. The molecule has 0 saturated heterocycles. The van der Waals surface area contributed by atoms with Crippen LogP contribution in [0.25, 0.3) is 0 Å². The standard InChI is InChI=1S/C28H30FN3O2/c1-27(2,3)34-26(33)31-28(16-8-17-28)21-14-12-19(13-15-21)23-24(20-9-5-4-6-10-20)32-18-7-11-22(29)25(32)30-23/h4-7,9-15,18,23-24H,8,16-17H2,1-3H3,(H,31,33). The van der Waals surface area contributed by atoms with Crippen molar-refractivity contribution in [2.45, 2.75) is 63.3 Å². The highest BCUT2D eigenvalue weighted by Crippen LogP contribution is 2.46. The van der Waals surface area contributed by atoms with Crippen LogP contribution in [0, 0.1) is 0 Å². The van der Waals surface area contributed by atoms with Crippen LogP contribution in [0.4, 0.5) is 9.18 Å². The van der Waals surface area contributed by atoms with Gasteiger partial charge in [0.25, 0.3) is 0 Å². The molecule has 5 nitrogen and oxygen atoms in total. The van der Waals surface area contributed by atoms with Gasteiger partial charge in [-0.3, -0.25) is 4.99 Å². The van der Waals surface area contributed by atoms with E-state index in [1.54, 1.807) is 6.08 Å². The minimum Gasteiger partial charge on any atom is -0.444 e. The Morgan fingerprint density at radius 3 is 2.41 bits per heavy atom. The number of nitrogens with one attached hydrogen (secondary N) is 1. The van der Waals surface area contributed by atoms with Crippen LogP contribution >= 0.6 is 0 Å². The Morgan fingerprint density at radius 1 is 1.09 bits per heavy atom. The molecule has 0 aromatic heterocycles. The van der Waals surface area contributed by atoms with Crippen molar-refractivity contribution in [1.82, 2.24) is 10.2 Å². The van der Waals surface area contributed by atoms with Crippen molar-refractivity contribution in [2.24, 2.45) is 4.99 Å². The molecular weight excluding hydrogens is 429 g/mol. The predicted molar refractivity (Wildman–Crippen MR) is 131 cm³/mol. The summed E-state index contributed by atoms with van der Waals surface area (Å²) in [5.41, 5.74) is 2.19. The largest absolute Gasteiger partial charge is 0.444 e. The van der Waals surface area contributed by atoms with Crippen LogP contribution < -0.4 is 5.32 Å². The van der Waals surface area contributed by atoms with Gasteiger partial charge >= 0.3 is 6.09 Å². The van der Waals surface area contributed by atoms with Crippen molar-refractivity contribution in [3.63, 3.8) is 0 Å². The van der Waals surface area contributed by atoms with E-state index in [-0.39, 0.29) is 17.9 Å². The number of fused-ring (bicyclic) bond motifs is 1. The van der Waals surface area contributed by atoms with E-state index in [1.165, 1.54) is 6.08 Å². The number of hydrogen-bond donors (Lipinski definition) is 1. The highest BCUT2D eigenvalue weighted by atomic mass is 19.1. The summed E-state index contributed by atoms with van der Waals surface area (Å²) in [7, 11) is 0. The molecule has 2 aliphatic heterocycles. The van der Waals surface area contributed by atoms with Crippen molar-refractivity contribution in [1.29, 1.82) is 0 Å². The number of amidine groups is 1. The third-order valence-electron chi connectivity index (χ3n) is 6.70. The lowest BCUT2D eigenvalue weighted by atomic mass is 9.71. The van der Waals surface area contributed by atoms with Gasteiger partial charge in [0.05, 0.1) is 11.6 Å². The zero-order valence-electron chi connectivity index (χ0n) is 19.8. The van der Waals surface area contributed by atoms with Crippen LogP contribution in [-0.2, 0) is 10.3 Å².